The first kappa shape index (κ1) is 10.6. The molecule has 1 heterocycles. The number of carbonyl (C=O) groups excluding carboxylic acids is 1. The molecule has 1 aromatic rings. The van der Waals surface area contributed by atoms with E-state index in [1.807, 2.05) is 16.8 Å². The van der Waals surface area contributed by atoms with Crippen molar-refractivity contribution in [3.63, 3.8) is 0 Å². The van der Waals surface area contributed by atoms with E-state index in [0.717, 1.165) is 24.9 Å². The fourth-order valence-electron chi connectivity index (χ4n) is 2.10. The number of nitrogens with one attached hydrogen (secondary N) is 1. The van der Waals surface area contributed by atoms with Crippen molar-refractivity contribution in [2.24, 2.45) is 11.7 Å². The van der Waals surface area contributed by atoms with E-state index in [9.17, 15) is 4.79 Å². The maximum absolute atomic E-state index is 11.6. The Balaban J connectivity index is 1.82. The van der Waals surface area contributed by atoms with Gasteiger partial charge in [-0.3, -0.25) is 4.79 Å². The van der Waals surface area contributed by atoms with Crippen LogP contribution in [0.1, 0.15) is 25.7 Å². The maximum Gasteiger partial charge on any atom is 0.224 e. The van der Waals surface area contributed by atoms with E-state index in [-0.39, 0.29) is 11.9 Å². The van der Waals surface area contributed by atoms with E-state index in [0.29, 0.717) is 12.3 Å². The lowest BCUT2D eigenvalue weighted by Crippen LogP contribution is -2.28. The Labute approximate surface area is 93.7 Å². The van der Waals surface area contributed by atoms with Gasteiger partial charge in [-0.2, -0.15) is 11.3 Å². The van der Waals surface area contributed by atoms with Crippen molar-refractivity contribution in [1.82, 2.24) is 0 Å². The van der Waals surface area contributed by atoms with Gasteiger partial charge in [-0.1, -0.05) is 6.42 Å². The molecule has 1 saturated carbocycles. The van der Waals surface area contributed by atoms with Crippen LogP contribution in [0.2, 0.25) is 0 Å². The summed E-state index contributed by atoms with van der Waals surface area (Å²) >= 11 is 1.59. The summed E-state index contributed by atoms with van der Waals surface area (Å²) in [6, 6.07) is 2.13. The third-order valence-corrected chi connectivity index (χ3v) is 3.65. The summed E-state index contributed by atoms with van der Waals surface area (Å²) in [6.07, 6.45) is 3.89. The van der Waals surface area contributed by atoms with Gasteiger partial charge in [0.25, 0.3) is 0 Å². The molecular weight excluding hydrogens is 208 g/mol. The lowest BCUT2D eigenvalue weighted by Gasteiger charge is -2.14. The molecule has 1 aromatic heterocycles. The molecule has 15 heavy (non-hydrogen) atoms. The second-order valence-corrected chi connectivity index (χ2v) is 4.90. The topological polar surface area (TPSA) is 55.1 Å². The van der Waals surface area contributed by atoms with Crippen molar-refractivity contribution in [3.05, 3.63) is 16.8 Å². The summed E-state index contributed by atoms with van der Waals surface area (Å²) in [4.78, 5) is 11.6. The van der Waals surface area contributed by atoms with Crippen molar-refractivity contribution < 1.29 is 4.79 Å². The maximum atomic E-state index is 11.6. The van der Waals surface area contributed by atoms with Gasteiger partial charge in [0.1, 0.15) is 0 Å². The quantitative estimate of drug-likeness (QED) is 0.827. The Bertz CT molecular complexity index is 323. The monoisotopic (exact) mass is 224 g/mol. The van der Waals surface area contributed by atoms with Crippen LogP contribution in [0, 0.1) is 5.92 Å². The molecule has 0 spiro atoms. The summed E-state index contributed by atoms with van der Waals surface area (Å²) < 4.78 is 0. The summed E-state index contributed by atoms with van der Waals surface area (Å²) in [6.45, 7) is 0. The molecule has 0 unspecified atom stereocenters. The van der Waals surface area contributed by atoms with Gasteiger partial charge in [0.15, 0.2) is 0 Å². The Morgan fingerprint density at radius 1 is 1.60 bits per heavy atom. The zero-order chi connectivity index (χ0) is 10.7. The number of hydrogen-bond acceptors (Lipinski definition) is 3. The highest BCUT2D eigenvalue weighted by Gasteiger charge is 2.25. The Morgan fingerprint density at radius 3 is 3.07 bits per heavy atom. The van der Waals surface area contributed by atoms with Gasteiger partial charge in [-0.25, -0.2) is 0 Å². The smallest absolute Gasteiger partial charge is 0.224 e. The van der Waals surface area contributed by atoms with E-state index < -0.39 is 0 Å². The molecule has 3 nitrogen and oxygen atoms in total. The minimum Gasteiger partial charge on any atom is -0.327 e. The lowest BCUT2D eigenvalue weighted by atomic mass is 10.00. The first-order valence-electron chi connectivity index (χ1n) is 5.33. The van der Waals surface area contributed by atoms with Gasteiger partial charge in [0.2, 0.25) is 5.91 Å². The van der Waals surface area contributed by atoms with Crippen LogP contribution in [0.4, 0.5) is 5.69 Å². The zero-order valence-electron chi connectivity index (χ0n) is 8.61. The van der Waals surface area contributed by atoms with Gasteiger partial charge in [0.05, 0.1) is 5.69 Å². The fourth-order valence-corrected chi connectivity index (χ4v) is 2.69. The molecule has 2 atom stereocenters. The second kappa shape index (κ2) is 4.77. The normalized spacial score (nSPS) is 25.4. The number of rotatable bonds is 3. The molecule has 0 bridgehead atoms. The van der Waals surface area contributed by atoms with Crippen LogP contribution in [0.3, 0.4) is 0 Å². The largest absolute Gasteiger partial charge is 0.327 e. The SMILES string of the molecule is N[C@@H]1CCC[C@H]1CC(=O)Nc1ccsc1. The van der Waals surface area contributed by atoms with Crippen LogP contribution >= 0.6 is 11.3 Å². The third kappa shape index (κ3) is 2.79. The number of amides is 1. The summed E-state index contributed by atoms with van der Waals surface area (Å²) in [5.41, 5.74) is 6.82. The van der Waals surface area contributed by atoms with Crippen LogP contribution in [-0.4, -0.2) is 11.9 Å². The number of thiophene rings is 1. The highest BCUT2D eigenvalue weighted by molar-refractivity contribution is 7.08. The molecule has 4 heteroatoms. The van der Waals surface area contributed by atoms with E-state index in [4.69, 9.17) is 5.73 Å². The van der Waals surface area contributed by atoms with Gasteiger partial charge in [0, 0.05) is 17.8 Å². The van der Waals surface area contributed by atoms with Crippen molar-refractivity contribution in [2.45, 2.75) is 31.7 Å². The van der Waals surface area contributed by atoms with Gasteiger partial charge < -0.3 is 11.1 Å². The lowest BCUT2D eigenvalue weighted by molar-refractivity contribution is -0.117. The minimum atomic E-state index is 0.0933. The average Bonchev–Trinajstić information content (AvgIpc) is 2.79. The number of hydrogen-bond donors (Lipinski definition) is 2. The molecule has 0 aromatic carbocycles. The van der Waals surface area contributed by atoms with Gasteiger partial charge in [-0.05, 0) is 30.2 Å². The molecule has 1 aliphatic rings. The van der Waals surface area contributed by atoms with Gasteiger partial charge >= 0.3 is 0 Å². The molecule has 82 valence electrons. The van der Waals surface area contributed by atoms with Crippen LogP contribution < -0.4 is 11.1 Å². The molecule has 2 rings (SSSR count). The standard InChI is InChI=1S/C11H16N2OS/c12-10-3-1-2-8(10)6-11(14)13-9-4-5-15-7-9/h4-5,7-8,10H,1-3,6,12H2,(H,13,14)/t8-,10+/m0/s1. The van der Waals surface area contributed by atoms with Crippen molar-refractivity contribution in [1.29, 1.82) is 0 Å². The van der Waals surface area contributed by atoms with Crippen LogP contribution in [-0.2, 0) is 4.79 Å². The van der Waals surface area contributed by atoms with Gasteiger partial charge in [-0.15, -0.1) is 0 Å². The summed E-state index contributed by atoms with van der Waals surface area (Å²) in [5, 5.41) is 6.78. The van der Waals surface area contributed by atoms with Crippen LogP contribution in [0.5, 0.6) is 0 Å². The second-order valence-electron chi connectivity index (χ2n) is 4.12. The Kier molecular flexibility index (Phi) is 3.38. The molecule has 1 fully saturated rings. The minimum absolute atomic E-state index is 0.0933. The number of anilines is 1. The molecule has 3 N–H and O–H groups in total. The van der Waals surface area contributed by atoms with Crippen LogP contribution in [0.25, 0.3) is 0 Å². The van der Waals surface area contributed by atoms with Crippen molar-refractivity contribution in [3.8, 4) is 0 Å². The van der Waals surface area contributed by atoms with E-state index in [1.165, 1.54) is 0 Å². The van der Waals surface area contributed by atoms with E-state index in [1.54, 1.807) is 11.3 Å². The van der Waals surface area contributed by atoms with E-state index in [2.05, 4.69) is 5.32 Å². The third-order valence-electron chi connectivity index (χ3n) is 2.97. The Hall–Kier alpha value is -0.870. The van der Waals surface area contributed by atoms with Crippen molar-refractivity contribution >= 4 is 22.9 Å². The average molecular weight is 224 g/mol. The molecule has 1 amide bonds. The zero-order valence-corrected chi connectivity index (χ0v) is 9.43. The molecule has 0 saturated heterocycles. The highest BCUT2D eigenvalue weighted by atomic mass is 32.1. The number of carbonyl (C=O) groups is 1. The summed E-state index contributed by atoms with van der Waals surface area (Å²) in [7, 11) is 0. The number of nitrogens with two attached hydrogens (primary N) is 1. The van der Waals surface area contributed by atoms with Crippen LogP contribution in [0.15, 0.2) is 16.8 Å². The highest BCUT2D eigenvalue weighted by Crippen LogP contribution is 2.27. The van der Waals surface area contributed by atoms with Crippen molar-refractivity contribution in [2.75, 3.05) is 5.32 Å². The van der Waals surface area contributed by atoms with E-state index >= 15 is 0 Å². The molecule has 0 aliphatic heterocycles. The predicted molar refractivity (Wildman–Crippen MR) is 62.9 cm³/mol. The molecule has 0 radical (unpaired) electrons. The first-order valence-corrected chi connectivity index (χ1v) is 6.27. The fraction of sp³-hybridized carbons (Fsp3) is 0.545. The Morgan fingerprint density at radius 2 is 2.47 bits per heavy atom. The summed E-state index contributed by atoms with van der Waals surface area (Å²) in [5.74, 6) is 0.472. The first-order chi connectivity index (χ1) is 7.25. The molecular formula is C11H16N2OS. The predicted octanol–water partition coefficient (Wildman–Crippen LogP) is 2.20. The molecule has 1 aliphatic carbocycles.